The molecule has 0 unspecified atom stereocenters. The summed E-state index contributed by atoms with van der Waals surface area (Å²) in [5.74, 6) is 0. The molecule has 0 heterocycles. The molecule has 56 valence electrons. The second-order valence-electron chi connectivity index (χ2n) is 2.03. The predicted molar refractivity (Wildman–Crippen MR) is 46.0 cm³/mol. The van der Waals surface area contributed by atoms with Crippen molar-refractivity contribution in [3.63, 3.8) is 0 Å². The Morgan fingerprint density at radius 1 is 1.36 bits per heavy atom. The van der Waals surface area contributed by atoms with Gasteiger partial charge < -0.3 is 0 Å². The first kappa shape index (κ1) is 7.47. The van der Waals surface area contributed by atoms with E-state index in [9.17, 15) is 4.91 Å². The monoisotopic (exact) mass is 148 g/mol. The zero-order valence-electron chi connectivity index (χ0n) is 5.95. The van der Waals surface area contributed by atoms with Crippen molar-refractivity contribution in [3.8, 4) is 0 Å². The van der Waals surface area contributed by atoms with E-state index in [0.717, 1.165) is 5.56 Å². The highest BCUT2D eigenvalue weighted by Crippen LogP contribution is 2.09. The van der Waals surface area contributed by atoms with Crippen LogP contribution in [0.25, 0.3) is 6.08 Å². The highest BCUT2D eigenvalue weighted by Gasteiger charge is 1.88. The molecular weight excluding hydrogens is 140 g/mol. The van der Waals surface area contributed by atoms with Crippen molar-refractivity contribution in [2.45, 2.75) is 0 Å². The Morgan fingerprint density at radius 2 is 2.00 bits per heavy atom. The van der Waals surface area contributed by atoms with Gasteiger partial charge in [0.05, 0.1) is 11.0 Å². The van der Waals surface area contributed by atoms with Gasteiger partial charge in [0.1, 0.15) is 0 Å². The van der Waals surface area contributed by atoms with Crippen LogP contribution in [-0.4, -0.2) is 0 Å². The third-order valence-corrected chi connectivity index (χ3v) is 1.32. The van der Waals surface area contributed by atoms with Crippen LogP contribution in [0.4, 0.5) is 5.69 Å². The van der Waals surface area contributed by atoms with Gasteiger partial charge in [0.15, 0.2) is 0 Å². The fraction of sp³-hybridized carbons (Fsp3) is 0. The van der Waals surface area contributed by atoms with Crippen molar-refractivity contribution in [1.82, 2.24) is 0 Å². The number of benzene rings is 1. The SMILES string of the molecule is C=Cc1ccc(NN=O)cc1. The Morgan fingerprint density at radius 3 is 2.45 bits per heavy atom. The van der Waals surface area contributed by atoms with Crippen LogP contribution in [0.3, 0.4) is 0 Å². The fourth-order valence-electron chi connectivity index (χ4n) is 0.746. The average molecular weight is 148 g/mol. The van der Waals surface area contributed by atoms with E-state index in [4.69, 9.17) is 0 Å². The van der Waals surface area contributed by atoms with Gasteiger partial charge in [0.2, 0.25) is 0 Å². The number of hydrogen-bond acceptors (Lipinski definition) is 2. The van der Waals surface area contributed by atoms with E-state index in [2.05, 4.69) is 17.3 Å². The van der Waals surface area contributed by atoms with Crippen LogP contribution in [0, 0.1) is 4.91 Å². The van der Waals surface area contributed by atoms with Crippen LogP contribution < -0.4 is 5.43 Å². The van der Waals surface area contributed by atoms with Crippen molar-refractivity contribution in [2.24, 2.45) is 5.29 Å². The molecule has 0 atom stereocenters. The molecule has 0 aliphatic heterocycles. The summed E-state index contributed by atoms with van der Waals surface area (Å²) in [6.07, 6.45) is 1.73. The largest absolute Gasteiger partial charge is 0.242 e. The number of nitrogens with one attached hydrogen (secondary N) is 1. The van der Waals surface area contributed by atoms with Gasteiger partial charge in [-0.25, -0.2) is 5.43 Å². The molecule has 0 fully saturated rings. The molecule has 1 rings (SSSR count). The topological polar surface area (TPSA) is 41.5 Å². The van der Waals surface area contributed by atoms with Crippen LogP contribution in [0.2, 0.25) is 0 Å². The second kappa shape index (κ2) is 3.51. The zero-order chi connectivity index (χ0) is 8.10. The fourth-order valence-corrected chi connectivity index (χ4v) is 0.746. The van der Waals surface area contributed by atoms with Gasteiger partial charge in [-0.15, -0.1) is 4.91 Å². The van der Waals surface area contributed by atoms with Crippen molar-refractivity contribution < 1.29 is 0 Å². The van der Waals surface area contributed by atoms with Crippen molar-refractivity contribution in [2.75, 3.05) is 5.43 Å². The molecule has 0 aromatic heterocycles. The third-order valence-electron chi connectivity index (χ3n) is 1.32. The van der Waals surface area contributed by atoms with Crippen LogP contribution in [0.15, 0.2) is 36.1 Å². The van der Waals surface area contributed by atoms with E-state index >= 15 is 0 Å². The lowest BCUT2D eigenvalue weighted by atomic mass is 10.2. The molecule has 0 saturated heterocycles. The molecule has 1 aromatic rings. The van der Waals surface area contributed by atoms with E-state index in [-0.39, 0.29) is 0 Å². The van der Waals surface area contributed by atoms with Crippen molar-refractivity contribution >= 4 is 11.8 Å². The number of anilines is 1. The normalized spacial score (nSPS) is 8.73. The second-order valence-corrected chi connectivity index (χ2v) is 2.03. The molecule has 0 radical (unpaired) electrons. The summed E-state index contributed by atoms with van der Waals surface area (Å²) < 4.78 is 0. The lowest BCUT2D eigenvalue weighted by Crippen LogP contribution is -1.84. The Balaban J connectivity index is 2.81. The number of nitrogens with zero attached hydrogens (tertiary/aromatic N) is 1. The van der Waals surface area contributed by atoms with Gasteiger partial charge in [-0.3, -0.25) is 0 Å². The molecule has 0 aliphatic carbocycles. The molecule has 3 heteroatoms. The van der Waals surface area contributed by atoms with Crippen molar-refractivity contribution in [1.29, 1.82) is 0 Å². The summed E-state index contributed by atoms with van der Waals surface area (Å²) in [4.78, 5) is 9.75. The summed E-state index contributed by atoms with van der Waals surface area (Å²) >= 11 is 0. The summed E-state index contributed by atoms with van der Waals surface area (Å²) in [5, 5.41) is 2.54. The molecular formula is C8H8N2O. The van der Waals surface area contributed by atoms with Crippen LogP contribution >= 0.6 is 0 Å². The molecule has 11 heavy (non-hydrogen) atoms. The van der Waals surface area contributed by atoms with Gasteiger partial charge >= 0.3 is 0 Å². The van der Waals surface area contributed by atoms with E-state index in [1.54, 1.807) is 18.2 Å². The summed E-state index contributed by atoms with van der Waals surface area (Å²) in [6, 6.07) is 7.22. The van der Waals surface area contributed by atoms with Crippen LogP contribution in [0.5, 0.6) is 0 Å². The van der Waals surface area contributed by atoms with Gasteiger partial charge in [-0.1, -0.05) is 24.8 Å². The Kier molecular flexibility index (Phi) is 2.38. The van der Waals surface area contributed by atoms with Crippen LogP contribution in [0.1, 0.15) is 5.56 Å². The van der Waals surface area contributed by atoms with E-state index in [0.29, 0.717) is 5.69 Å². The number of nitroso groups, excluding NO2 is 1. The minimum absolute atomic E-state index is 0.686. The minimum Gasteiger partial charge on any atom is -0.242 e. The molecule has 0 bridgehead atoms. The summed E-state index contributed by atoms with van der Waals surface area (Å²) in [5.41, 5.74) is 3.99. The van der Waals surface area contributed by atoms with Gasteiger partial charge in [-0.2, -0.15) is 0 Å². The predicted octanol–water partition coefficient (Wildman–Crippen LogP) is 2.42. The standard InChI is InChI=1S/C8H8N2O/c1-2-7-3-5-8(6-4-7)9-10-11/h2-6H,1H2,(H,9,11). The molecule has 0 aliphatic rings. The van der Waals surface area contributed by atoms with Crippen LogP contribution in [-0.2, 0) is 0 Å². The maximum atomic E-state index is 9.75. The van der Waals surface area contributed by atoms with E-state index in [1.165, 1.54) is 0 Å². The number of rotatable bonds is 3. The summed E-state index contributed by atoms with van der Waals surface area (Å²) in [7, 11) is 0. The van der Waals surface area contributed by atoms with Crippen molar-refractivity contribution in [3.05, 3.63) is 41.3 Å². The minimum atomic E-state index is 0.686. The zero-order valence-corrected chi connectivity index (χ0v) is 5.95. The maximum absolute atomic E-state index is 9.75. The first-order valence-corrected chi connectivity index (χ1v) is 3.17. The molecule has 0 spiro atoms. The average Bonchev–Trinajstić information content (AvgIpc) is 2.07. The lowest BCUT2D eigenvalue weighted by Gasteiger charge is -1.96. The molecule has 0 amide bonds. The summed E-state index contributed by atoms with van der Waals surface area (Å²) in [6.45, 7) is 3.60. The van der Waals surface area contributed by atoms with E-state index in [1.807, 2.05) is 12.1 Å². The first-order valence-electron chi connectivity index (χ1n) is 3.17. The van der Waals surface area contributed by atoms with Gasteiger partial charge in [-0.05, 0) is 17.7 Å². The lowest BCUT2D eigenvalue weighted by molar-refractivity contribution is 1.32. The van der Waals surface area contributed by atoms with E-state index < -0.39 is 0 Å². The molecule has 0 saturated carbocycles. The number of hydrogen-bond donors (Lipinski definition) is 1. The smallest absolute Gasteiger partial charge is 0.0594 e. The molecule has 1 N–H and O–H groups in total. The first-order chi connectivity index (χ1) is 5.36. The van der Waals surface area contributed by atoms with Gasteiger partial charge in [0.25, 0.3) is 0 Å². The quantitative estimate of drug-likeness (QED) is 0.528. The Labute approximate surface area is 64.7 Å². The Hall–Kier alpha value is -1.64. The highest BCUT2D eigenvalue weighted by molar-refractivity contribution is 5.53. The van der Waals surface area contributed by atoms with Gasteiger partial charge in [0, 0.05) is 0 Å². The molecule has 3 nitrogen and oxygen atoms in total. The Bertz CT molecular complexity index is 253. The maximum Gasteiger partial charge on any atom is 0.0594 e. The third kappa shape index (κ3) is 1.89. The highest BCUT2D eigenvalue weighted by atomic mass is 16.3. The molecule has 1 aromatic carbocycles.